The van der Waals surface area contributed by atoms with Gasteiger partial charge >= 0.3 is 5.97 Å². The van der Waals surface area contributed by atoms with Crippen molar-refractivity contribution < 1.29 is 15.0 Å². The molecule has 3 nitrogen and oxygen atoms in total. The number of rotatable bonds is 8. The van der Waals surface area contributed by atoms with Crippen LogP contribution in [0.1, 0.15) is 99.3 Å². The van der Waals surface area contributed by atoms with Crippen molar-refractivity contribution in [3.63, 3.8) is 0 Å². The van der Waals surface area contributed by atoms with Crippen LogP contribution in [-0.2, 0) is 4.79 Å². The Labute approximate surface area is 214 Å². The van der Waals surface area contributed by atoms with Gasteiger partial charge in [0.2, 0.25) is 0 Å². The van der Waals surface area contributed by atoms with Gasteiger partial charge in [0, 0.05) is 0 Å². The van der Waals surface area contributed by atoms with Crippen LogP contribution in [0.25, 0.3) is 0 Å². The second kappa shape index (κ2) is 10.3. The lowest BCUT2D eigenvalue weighted by molar-refractivity contribution is -0.146. The largest absolute Gasteiger partial charge is 0.481 e. The maximum Gasteiger partial charge on any atom is 0.309 e. The van der Waals surface area contributed by atoms with Crippen LogP contribution in [0.4, 0.5) is 0 Å². The molecule has 0 aromatic rings. The van der Waals surface area contributed by atoms with Gasteiger partial charge in [-0.05, 0) is 116 Å². The Morgan fingerprint density at radius 2 is 1.83 bits per heavy atom. The van der Waals surface area contributed by atoms with Gasteiger partial charge < -0.3 is 10.2 Å². The number of carbonyl (C=O) groups is 1. The monoisotopic (exact) mass is 484 g/mol. The average molecular weight is 485 g/mol. The fourth-order valence-electron chi connectivity index (χ4n) is 9.65. The van der Waals surface area contributed by atoms with E-state index in [0.29, 0.717) is 23.2 Å². The van der Waals surface area contributed by atoms with E-state index in [0.717, 1.165) is 42.9 Å². The van der Waals surface area contributed by atoms with Crippen molar-refractivity contribution in [1.82, 2.24) is 0 Å². The minimum Gasteiger partial charge on any atom is -0.481 e. The molecule has 3 fully saturated rings. The van der Waals surface area contributed by atoms with Gasteiger partial charge in [0.15, 0.2) is 0 Å². The van der Waals surface area contributed by atoms with Gasteiger partial charge in [0.05, 0.1) is 12.5 Å². The summed E-state index contributed by atoms with van der Waals surface area (Å²) in [4.78, 5) is 11.7. The lowest BCUT2D eigenvalue weighted by Gasteiger charge is -2.58. The Morgan fingerprint density at radius 3 is 2.46 bits per heavy atom. The fraction of sp³-hybridized carbons (Fsp3) is 0.844. The highest BCUT2D eigenvalue weighted by Gasteiger charge is 2.59. The zero-order valence-electron chi connectivity index (χ0n) is 23.3. The van der Waals surface area contributed by atoms with Crippen molar-refractivity contribution >= 4 is 5.97 Å². The summed E-state index contributed by atoms with van der Waals surface area (Å²) in [6.07, 6.45) is 18.4. The SMILES string of the molecule is CC[C@H](/C=C/[C@@H](C)[C@H]1CC[C@H]2[C@@H]3CC=C4C[C@@H](C(CO)C(=O)O)CC[C@]4(C)[C@H]3CC[C@]12C)C(C)C. The molecular weight excluding hydrogens is 432 g/mol. The molecule has 0 heterocycles. The van der Waals surface area contributed by atoms with Crippen molar-refractivity contribution in [2.24, 2.45) is 64.1 Å². The maximum absolute atomic E-state index is 11.7. The van der Waals surface area contributed by atoms with Crippen molar-refractivity contribution in [3.8, 4) is 0 Å². The molecule has 0 radical (unpaired) electrons. The minimum atomic E-state index is -0.831. The molecule has 0 aromatic carbocycles. The number of allylic oxidation sites excluding steroid dienone is 4. The van der Waals surface area contributed by atoms with Crippen molar-refractivity contribution in [3.05, 3.63) is 23.8 Å². The van der Waals surface area contributed by atoms with Crippen LogP contribution in [0, 0.1) is 64.1 Å². The molecule has 0 bridgehead atoms. The predicted octanol–water partition coefficient (Wildman–Crippen LogP) is 7.75. The smallest absolute Gasteiger partial charge is 0.309 e. The number of carboxylic acid groups (broad SMARTS) is 1. The summed E-state index contributed by atoms with van der Waals surface area (Å²) >= 11 is 0. The van der Waals surface area contributed by atoms with E-state index in [2.05, 4.69) is 59.8 Å². The zero-order valence-corrected chi connectivity index (χ0v) is 23.3. The van der Waals surface area contributed by atoms with Crippen LogP contribution in [-0.4, -0.2) is 22.8 Å². The van der Waals surface area contributed by atoms with Crippen LogP contribution in [0.2, 0.25) is 0 Å². The van der Waals surface area contributed by atoms with Crippen LogP contribution in [0.3, 0.4) is 0 Å². The minimum absolute atomic E-state index is 0.0866. The van der Waals surface area contributed by atoms with E-state index in [-0.39, 0.29) is 17.9 Å². The molecule has 0 amide bonds. The molecule has 4 rings (SSSR count). The highest BCUT2D eigenvalue weighted by atomic mass is 16.4. The Hall–Kier alpha value is -1.09. The van der Waals surface area contributed by atoms with Gasteiger partial charge in [-0.25, -0.2) is 0 Å². The number of hydrogen-bond acceptors (Lipinski definition) is 2. The van der Waals surface area contributed by atoms with Gasteiger partial charge in [-0.15, -0.1) is 0 Å². The summed E-state index contributed by atoms with van der Waals surface area (Å²) in [7, 11) is 0. The molecule has 0 saturated heterocycles. The first kappa shape index (κ1) is 27.0. The standard InChI is InChI=1S/C32H52O3/c1-7-22(20(2)3)9-8-21(4)27-12-13-28-25-11-10-24-18-23(26(19-33)30(34)35)14-16-31(24,5)29(25)15-17-32(27,28)6/h8-10,20-23,25-29,33H,7,11-19H2,1-6H3,(H,34,35)/b9-8+/t21-,22-,23+,25+,26?,27-,28+,29+,31+,32-/m1/s1. The lowest BCUT2D eigenvalue weighted by Crippen LogP contribution is -2.51. The fourth-order valence-corrected chi connectivity index (χ4v) is 9.65. The van der Waals surface area contributed by atoms with Crippen LogP contribution < -0.4 is 0 Å². The molecule has 35 heavy (non-hydrogen) atoms. The molecule has 0 aromatic heterocycles. The third kappa shape index (κ3) is 4.69. The first-order valence-corrected chi connectivity index (χ1v) is 14.8. The predicted molar refractivity (Wildman–Crippen MR) is 144 cm³/mol. The normalized spacial score (nSPS) is 41.6. The van der Waals surface area contributed by atoms with E-state index >= 15 is 0 Å². The van der Waals surface area contributed by atoms with E-state index in [1.54, 1.807) is 0 Å². The number of carboxylic acids is 1. The van der Waals surface area contributed by atoms with Crippen LogP contribution >= 0.6 is 0 Å². The molecule has 10 atom stereocenters. The van der Waals surface area contributed by atoms with Crippen molar-refractivity contribution in [1.29, 1.82) is 0 Å². The summed E-state index contributed by atoms with van der Waals surface area (Å²) < 4.78 is 0. The Kier molecular flexibility index (Phi) is 7.97. The summed E-state index contributed by atoms with van der Waals surface area (Å²) in [6, 6.07) is 0. The van der Waals surface area contributed by atoms with Gasteiger partial charge in [-0.2, -0.15) is 0 Å². The molecule has 4 aliphatic rings. The van der Waals surface area contributed by atoms with Gasteiger partial charge in [0.1, 0.15) is 0 Å². The van der Waals surface area contributed by atoms with Gasteiger partial charge in [0.25, 0.3) is 0 Å². The summed E-state index contributed by atoms with van der Waals surface area (Å²) in [5.41, 5.74) is 2.20. The molecule has 3 saturated carbocycles. The number of hydrogen-bond donors (Lipinski definition) is 2. The zero-order chi connectivity index (χ0) is 25.5. The first-order chi connectivity index (χ1) is 16.6. The van der Waals surface area contributed by atoms with Crippen LogP contribution in [0.5, 0.6) is 0 Å². The van der Waals surface area contributed by atoms with E-state index < -0.39 is 11.9 Å². The topological polar surface area (TPSA) is 57.5 Å². The number of aliphatic hydroxyl groups is 1. The van der Waals surface area contributed by atoms with Crippen molar-refractivity contribution in [2.45, 2.75) is 99.3 Å². The second-order valence-electron chi connectivity index (χ2n) is 13.7. The Balaban J connectivity index is 1.50. The summed E-state index contributed by atoms with van der Waals surface area (Å²) in [6.45, 7) is 14.4. The highest BCUT2D eigenvalue weighted by molar-refractivity contribution is 5.70. The van der Waals surface area contributed by atoms with Gasteiger partial charge in [-0.3, -0.25) is 4.79 Å². The lowest BCUT2D eigenvalue weighted by atomic mass is 9.46. The van der Waals surface area contributed by atoms with E-state index in [1.165, 1.54) is 44.1 Å². The first-order valence-electron chi connectivity index (χ1n) is 14.8. The molecule has 0 spiro atoms. The van der Waals surface area contributed by atoms with Gasteiger partial charge in [-0.1, -0.05) is 65.3 Å². The van der Waals surface area contributed by atoms with Crippen molar-refractivity contribution in [2.75, 3.05) is 6.61 Å². The maximum atomic E-state index is 11.7. The van der Waals surface area contributed by atoms with E-state index in [1.807, 2.05) is 0 Å². The Bertz CT molecular complexity index is 827. The second-order valence-corrected chi connectivity index (χ2v) is 13.7. The molecule has 0 aliphatic heterocycles. The Morgan fingerprint density at radius 1 is 1.09 bits per heavy atom. The molecule has 1 unspecified atom stereocenters. The van der Waals surface area contributed by atoms with E-state index in [4.69, 9.17) is 0 Å². The number of aliphatic carboxylic acids is 1. The molecule has 2 N–H and O–H groups in total. The summed E-state index contributed by atoms with van der Waals surface area (Å²) in [5.74, 6) is 3.86. The number of aliphatic hydroxyl groups excluding tert-OH is 1. The molecule has 4 aliphatic carbocycles. The molecular formula is C32H52O3. The average Bonchev–Trinajstić information content (AvgIpc) is 3.16. The third-order valence-electron chi connectivity index (χ3n) is 11.9. The highest BCUT2D eigenvalue weighted by Crippen LogP contribution is 2.67. The molecule has 3 heteroatoms. The third-order valence-corrected chi connectivity index (χ3v) is 11.9. The van der Waals surface area contributed by atoms with Crippen LogP contribution in [0.15, 0.2) is 23.8 Å². The summed E-state index contributed by atoms with van der Waals surface area (Å²) in [5, 5.41) is 19.3. The van der Waals surface area contributed by atoms with E-state index in [9.17, 15) is 15.0 Å². The quantitative estimate of drug-likeness (QED) is 0.346. The number of fused-ring (bicyclic) bond motifs is 5. The molecule has 198 valence electrons.